The molecule has 0 heterocycles. The van der Waals surface area contributed by atoms with Crippen LogP contribution in [-0.4, -0.2) is 16.4 Å². The number of rotatable bonds is 6. The molecule has 1 atom stereocenters. The molecule has 18 heavy (non-hydrogen) atoms. The fourth-order valence-corrected chi connectivity index (χ4v) is 2.71. The van der Waals surface area contributed by atoms with E-state index in [1.54, 1.807) is 0 Å². The molecule has 0 aromatic carbocycles. The zero-order chi connectivity index (χ0) is 14.6. The smallest absolute Gasteiger partial charge is 0.230 e. The summed E-state index contributed by atoms with van der Waals surface area (Å²) in [5.41, 5.74) is 5.56. The fourth-order valence-electron chi connectivity index (χ4n) is 2.48. The molecule has 0 saturated carbocycles. The molecule has 0 fully saturated rings. The second-order valence-electron chi connectivity index (χ2n) is 6.85. The lowest BCUT2D eigenvalue weighted by molar-refractivity contribution is -0.125. The summed E-state index contributed by atoms with van der Waals surface area (Å²) in [4.78, 5) is 12.5. The molecule has 0 radical (unpaired) electrons. The maximum atomic E-state index is 12.2. The quantitative estimate of drug-likeness (QED) is 0.731. The average molecular weight is 272 g/mol. The molecule has 0 spiro atoms. The Bertz CT molecular complexity index is 305. The molecule has 1 unspecified atom stereocenters. The SMILES string of the molecule is CCCC(C(=O)NC(C)(C)CC(C)(C)C)C(N)=S. The van der Waals surface area contributed by atoms with E-state index in [1.165, 1.54) is 0 Å². The summed E-state index contributed by atoms with van der Waals surface area (Å²) >= 11 is 4.97. The molecule has 106 valence electrons. The summed E-state index contributed by atoms with van der Waals surface area (Å²) in [7, 11) is 0. The van der Waals surface area contributed by atoms with Crippen molar-refractivity contribution < 1.29 is 4.79 Å². The van der Waals surface area contributed by atoms with Crippen molar-refractivity contribution >= 4 is 23.1 Å². The highest BCUT2D eigenvalue weighted by Gasteiger charge is 2.30. The van der Waals surface area contributed by atoms with E-state index in [1.807, 2.05) is 20.8 Å². The molecule has 0 aromatic rings. The number of thiocarbonyl (C=S) groups is 1. The number of nitrogens with two attached hydrogens (primary N) is 1. The van der Waals surface area contributed by atoms with Gasteiger partial charge in [-0.15, -0.1) is 0 Å². The third-order valence-corrected chi connectivity index (χ3v) is 2.96. The van der Waals surface area contributed by atoms with Gasteiger partial charge in [0.05, 0.1) is 10.9 Å². The standard InChI is InChI=1S/C14H28N2OS/c1-7-8-10(11(15)18)12(17)16-14(5,6)9-13(2,3)4/h10H,7-9H2,1-6H3,(H2,15,18)(H,16,17). The Balaban J connectivity index is 4.66. The van der Waals surface area contributed by atoms with Gasteiger partial charge in [0, 0.05) is 5.54 Å². The van der Waals surface area contributed by atoms with Crippen LogP contribution in [-0.2, 0) is 4.79 Å². The molecule has 0 aliphatic carbocycles. The van der Waals surface area contributed by atoms with Gasteiger partial charge in [0.2, 0.25) is 5.91 Å². The van der Waals surface area contributed by atoms with Crippen LogP contribution in [0.3, 0.4) is 0 Å². The third-order valence-electron chi connectivity index (χ3n) is 2.67. The van der Waals surface area contributed by atoms with Crippen molar-refractivity contribution in [3.63, 3.8) is 0 Å². The Kier molecular flexibility index (Phi) is 6.27. The highest BCUT2D eigenvalue weighted by molar-refractivity contribution is 7.80. The minimum atomic E-state index is -0.343. The van der Waals surface area contributed by atoms with Gasteiger partial charge in [0.25, 0.3) is 0 Å². The minimum Gasteiger partial charge on any atom is -0.393 e. The van der Waals surface area contributed by atoms with Crippen molar-refractivity contribution in [1.82, 2.24) is 5.32 Å². The van der Waals surface area contributed by atoms with E-state index in [9.17, 15) is 4.79 Å². The number of nitrogens with one attached hydrogen (secondary N) is 1. The number of carbonyl (C=O) groups excluding carboxylic acids is 1. The van der Waals surface area contributed by atoms with Crippen molar-refractivity contribution in [2.24, 2.45) is 17.1 Å². The Morgan fingerprint density at radius 3 is 2.11 bits per heavy atom. The molecule has 0 aliphatic heterocycles. The second-order valence-corrected chi connectivity index (χ2v) is 7.33. The van der Waals surface area contributed by atoms with Crippen LogP contribution in [0.1, 0.15) is 60.8 Å². The van der Waals surface area contributed by atoms with Crippen LogP contribution >= 0.6 is 12.2 Å². The van der Waals surface area contributed by atoms with Gasteiger partial charge in [-0.2, -0.15) is 0 Å². The van der Waals surface area contributed by atoms with E-state index in [2.05, 4.69) is 26.1 Å². The molecule has 0 saturated heterocycles. The topological polar surface area (TPSA) is 55.1 Å². The zero-order valence-electron chi connectivity index (χ0n) is 12.6. The van der Waals surface area contributed by atoms with Crippen molar-refractivity contribution in [2.75, 3.05) is 0 Å². The van der Waals surface area contributed by atoms with Crippen molar-refractivity contribution in [1.29, 1.82) is 0 Å². The Morgan fingerprint density at radius 2 is 1.78 bits per heavy atom. The maximum absolute atomic E-state index is 12.2. The highest BCUT2D eigenvalue weighted by atomic mass is 32.1. The van der Waals surface area contributed by atoms with Crippen molar-refractivity contribution in [3.05, 3.63) is 0 Å². The van der Waals surface area contributed by atoms with E-state index in [0.29, 0.717) is 11.4 Å². The van der Waals surface area contributed by atoms with Gasteiger partial charge < -0.3 is 11.1 Å². The van der Waals surface area contributed by atoms with Crippen LogP contribution in [0.15, 0.2) is 0 Å². The van der Waals surface area contributed by atoms with Crippen LogP contribution in [0.5, 0.6) is 0 Å². The van der Waals surface area contributed by atoms with Gasteiger partial charge in [-0.1, -0.05) is 46.3 Å². The molecule has 0 aliphatic rings. The lowest BCUT2D eigenvalue weighted by Crippen LogP contribution is -2.50. The summed E-state index contributed by atoms with van der Waals surface area (Å²) in [5, 5.41) is 3.07. The zero-order valence-corrected chi connectivity index (χ0v) is 13.4. The van der Waals surface area contributed by atoms with Crippen LogP contribution < -0.4 is 11.1 Å². The molecule has 0 aromatic heterocycles. The van der Waals surface area contributed by atoms with E-state index in [0.717, 1.165) is 12.8 Å². The first-order valence-electron chi connectivity index (χ1n) is 6.60. The van der Waals surface area contributed by atoms with Gasteiger partial charge in [-0.25, -0.2) is 0 Å². The Morgan fingerprint density at radius 1 is 1.28 bits per heavy atom. The van der Waals surface area contributed by atoms with E-state index in [4.69, 9.17) is 18.0 Å². The first-order valence-corrected chi connectivity index (χ1v) is 7.00. The third kappa shape index (κ3) is 6.94. The predicted octanol–water partition coefficient (Wildman–Crippen LogP) is 3.02. The largest absolute Gasteiger partial charge is 0.393 e. The predicted molar refractivity (Wildman–Crippen MR) is 81.5 cm³/mol. The average Bonchev–Trinajstić information content (AvgIpc) is 2.07. The van der Waals surface area contributed by atoms with Gasteiger partial charge in [0.1, 0.15) is 0 Å². The summed E-state index contributed by atoms with van der Waals surface area (Å²) in [5.74, 6) is -0.386. The number of carbonyl (C=O) groups is 1. The van der Waals surface area contributed by atoms with E-state index in [-0.39, 0.29) is 22.8 Å². The molecular formula is C14H28N2OS. The number of amides is 1. The molecule has 0 bridgehead atoms. The normalized spacial score (nSPS) is 14.1. The van der Waals surface area contributed by atoms with Crippen LogP contribution in [0.2, 0.25) is 0 Å². The lowest BCUT2D eigenvalue weighted by atomic mass is 9.81. The van der Waals surface area contributed by atoms with Crippen molar-refractivity contribution in [3.8, 4) is 0 Å². The molecular weight excluding hydrogens is 244 g/mol. The van der Waals surface area contributed by atoms with E-state index < -0.39 is 0 Å². The van der Waals surface area contributed by atoms with Crippen LogP contribution in [0.25, 0.3) is 0 Å². The molecule has 3 nitrogen and oxygen atoms in total. The molecule has 1 amide bonds. The first-order chi connectivity index (χ1) is 7.98. The Labute approximate surface area is 117 Å². The van der Waals surface area contributed by atoms with Gasteiger partial charge in [-0.3, -0.25) is 4.79 Å². The van der Waals surface area contributed by atoms with Crippen LogP contribution in [0, 0.1) is 11.3 Å². The maximum Gasteiger partial charge on any atom is 0.230 e. The van der Waals surface area contributed by atoms with Gasteiger partial charge in [-0.05, 0) is 32.1 Å². The molecule has 3 N–H and O–H groups in total. The van der Waals surface area contributed by atoms with Crippen molar-refractivity contribution in [2.45, 2.75) is 66.3 Å². The Hall–Kier alpha value is -0.640. The number of hydrogen-bond donors (Lipinski definition) is 2. The molecule has 0 rings (SSSR count). The first kappa shape index (κ1) is 17.4. The monoisotopic (exact) mass is 272 g/mol. The fraction of sp³-hybridized carbons (Fsp3) is 0.857. The summed E-state index contributed by atoms with van der Waals surface area (Å²) in [6, 6.07) is 0. The molecule has 4 heteroatoms. The summed E-state index contributed by atoms with van der Waals surface area (Å²) in [6.07, 6.45) is 2.52. The lowest BCUT2D eigenvalue weighted by Gasteiger charge is -2.34. The second kappa shape index (κ2) is 6.50. The highest BCUT2D eigenvalue weighted by Crippen LogP contribution is 2.27. The van der Waals surface area contributed by atoms with Gasteiger partial charge in [0.15, 0.2) is 0 Å². The summed E-state index contributed by atoms with van der Waals surface area (Å²) < 4.78 is 0. The minimum absolute atomic E-state index is 0.0430. The van der Waals surface area contributed by atoms with E-state index >= 15 is 0 Å². The summed E-state index contributed by atoms with van der Waals surface area (Å²) in [6.45, 7) is 12.6. The van der Waals surface area contributed by atoms with Gasteiger partial charge >= 0.3 is 0 Å². The van der Waals surface area contributed by atoms with Crippen LogP contribution in [0.4, 0.5) is 0 Å². The number of hydrogen-bond acceptors (Lipinski definition) is 2.